The Morgan fingerprint density at radius 1 is 1.25 bits per heavy atom. The van der Waals surface area contributed by atoms with Crippen LogP contribution in [0.25, 0.3) is 0 Å². The molecule has 1 N–H and O–H groups in total. The van der Waals surface area contributed by atoms with Crippen molar-refractivity contribution in [1.29, 1.82) is 0 Å². The summed E-state index contributed by atoms with van der Waals surface area (Å²) in [6.45, 7) is 1.33. The molecule has 1 saturated heterocycles. The lowest BCUT2D eigenvalue weighted by molar-refractivity contribution is -0.140. The third-order valence-electron chi connectivity index (χ3n) is 3.94. The van der Waals surface area contributed by atoms with Crippen LogP contribution in [0.15, 0.2) is 30.3 Å². The Labute approximate surface area is 143 Å². The molecule has 0 bridgehead atoms. The number of carbonyl (C=O) groups excluding carboxylic acids is 2. The van der Waals surface area contributed by atoms with E-state index in [1.54, 1.807) is 14.1 Å². The molecule has 1 aromatic rings. The van der Waals surface area contributed by atoms with Gasteiger partial charge >= 0.3 is 0 Å². The molecule has 0 aliphatic carbocycles. The molecule has 6 nitrogen and oxygen atoms in total. The largest absolute Gasteiger partial charge is 0.376 e. The second-order valence-corrected chi connectivity index (χ2v) is 6.15. The summed E-state index contributed by atoms with van der Waals surface area (Å²) < 4.78 is 11.2. The number of ether oxygens (including phenoxy) is 2. The molecule has 2 atom stereocenters. The number of likely N-dealkylation sites (N-methyl/N-ethyl adjacent to an activating group) is 1. The highest BCUT2D eigenvalue weighted by atomic mass is 16.5. The van der Waals surface area contributed by atoms with Gasteiger partial charge < -0.3 is 19.7 Å². The highest BCUT2D eigenvalue weighted by Crippen LogP contribution is 2.20. The van der Waals surface area contributed by atoms with E-state index in [0.29, 0.717) is 32.6 Å². The molecule has 1 heterocycles. The second-order valence-electron chi connectivity index (χ2n) is 6.15. The standard InChI is InChI=1S/C18H26N2O4/c1-20(2)18(22)16-9-8-15(24-16)12-19-17(21)10-11-23-13-14-6-4-3-5-7-14/h3-7,15-16H,8-13H2,1-2H3,(H,19,21)/t15-,16-/m0/s1. The molecule has 1 fully saturated rings. The molecule has 0 radical (unpaired) electrons. The van der Waals surface area contributed by atoms with Crippen LogP contribution in [0.5, 0.6) is 0 Å². The van der Waals surface area contributed by atoms with Gasteiger partial charge in [0.05, 0.1) is 19.3 Å². The van der Waals surface area contributed by atoms with E-state index in [-0.39, 0.29) is 24.0 Å². The third-order valence-corrected chi connectivity index (χ3v) is 3.94. The molecular formula is C18H26N2O4. The summed E-state index contributed by atoms with van der Waals surface area (Å²) in [5.41, 5.74) is 1.09. The normalized spacial score (nSPS) is 19.9. The van der Waals surface area contributed by atoms with Crippen LogP contribution in [-0.4, -0.2) is 56.2 Å². The quantitative estimate of drug-likeness (QED) is 0.729. The Hall–Kier alpha value is -1.92. The molecule has 0 unspecified atom stereocenters. The summed E-state index contributed by atoms with van der Waals surface area (Å²) >= 11 is 0. The van der Waals surface area contributed by atoms with Crippen LogP contribution in [0, 0.1) is 0 Å². The van der Waals surface area contributed by atoms with Crippen molar-refractivity contribution in [3.05, 3.63) is 35.9 Å². The maximum Gasteiger partial charge on any atom is 0.251 e. The fourth-order valence-electron chi connectivity index (χ4n) is 2.57. The predicted octanol–water partition coefficient (Wildman–Crippen LogP) is 1.35. The molecule has 1 aliphatic rings. The van der Waals surface area contributed by atoms with Crippen molar-refractivity contribution in [2.45, 2.75) is 38.1 Å². The number of rotatable bonds is 8. The van der Waals surface area contributed by atoms with Gasteiger partial charge in [0.1, 0.15) is 6.10 Å². The van der Waals surface area contributed by atoms with Gasteiger partial charge in [0.2, 0.25) is 5.91 Å². The van der Waals surface area contributed by atoms with Gasteiger partial charge in [-0.1, -0.05) is 30.3 Å². The lowest BCUT2D eigenvalue weighted by atomic mass is 10.2. The zero-order valence-electron chi connectivity index (χ0n) is 14.4. The number of hydrogen-bond acceptors (Lipinski definition) is 4. The summed E-state index contributed by atoms with van der Waals surface area (Å²) in [5.74, 6) is -0.0767. The molecule has 0 saturated carbocycles. The van der Waals surface area contributed by atoms with Crippen LogP contribution in [0.2, 0.25) is 0 Å². The smallest absolute Gasteiger partial charge is 0.251 e. The van der Waals surface area contributed by atoms with Crippen molar-refractivity contribution >= 4 is 11.8 Å². The first-order chi connectivity index (χ1) is 11.6. The number of nitrogens with zero attached hydrogens (tertiary/aromatic N) is 1. The number of amides is 2. The van der Waals surface area contributed by atoms with E-state index in [4.69, 9.17) is 9.47 Å². The lowest BCUT2D eigenvalue weighted by Gasteiger charge is -2.17. The first-order valence-electron chi connectivity index (χ1n) is 8.31. The lowest BCUT2D eigenvalue weighted by Crippen LogP contribution is -2.36. The Kier molecular flexibility index (Phi) is 7.21. The van der Waals surface area contributed by atoms with Gasteiger partial charge in [0, 0.05) is 27.1 Å². The summed E-state index contributed by atoms with van der Waals surface area (Å²) in [7, 11) is 3.44. The molecule has 132 valence electrons. The van der Waals surface area contributed by atoms with Crippen molar-refractivity contribution < 1.29 is 19.1 Å². The summed E-state index contributed by atoms with van der Waals surface area (Å²) in [5, 5.41) is 2.84. The molecule has 6 heteroatoms. The summed E-state index contributed by atoms with van der Waals surface area (Å²) in [4.78, 5) is 25.2. The summed E-state index contributed by atoms with van der Waals surface area (Å²) in [6.07, 6.45) is 1.34. The van der Waals surface area contributed by atoms with Crippen molar-refractivity contribution in [3.8, 4) is 0 Å². The molecule has 24 heavy (non-hydrogen) atoms. The topological polar surface area (TPSA) is 67.9 Å². The van der Waals surface area contributed by atoms with Crippen molar-refractivity contribution in [1.82, 2.24) is 10.2 Å². The minimum atomic E-state index is -0.379. The van der Waals surface area contributed by atoms with E-state index >= 15 is 0 Å². The molecule has 2 rings (SSSR count). The number of hydrogen-bond donors (Lipinski definition) is 1. The molecule has 2 amide bonds. The minimum Gasteiger partial charge on any atom is -0.376 e. The van der Waals surface area contributed by atoms with E-state index in [1.165, 1.54) is 4.90 Å². The Morgan fingerprint density at radius 2 is 2.00 bits per heavy atom. The van der Waals surface area contributed by atoms with Crippen molar-refractivity contribution in [2.75, 3.05) is 27.2 Å². The predicted molar refractivity (Wildman–Crippen MR) is 90.3 cm³/mol. The number of nitrogens with one attached hydrogen (secondary N) is 1. The first kappa shape index (κ1) is 18.4. The maximum atomic E-state index is 11.8. The minimum absolute atomic E-state index is 0.0156. The second kappa shape index (κ2) is 9.39. The van der Waals surface area contributed by atoms with Gasteiger partial charge in [-0.15, -0.1) is 0 Å². The first-order valence-corrected chi connectivity index (χ1v) is 8.31. The monoisotopic (exact) mass is 334 g/mol. The Morgan fingerprint density at radius 3 is 2.71 bits per heavy atom. The van der Waals surface area contributed by atoms with Crippen molar-refractivity contribution in [3.63, 3.8) is 0 Å². The Bertz CT molecular complexity index is 533. The van der Waals surface area contributed by atoms with Crippen LogP contribution in [0.4, 0.5) is 0 Å². The van der Waals surface area contributed by atoms with Gasteiger partial charge in [0.25, 0.3) is 5.91 Å². The maximum absolute atomic E-state index is 11.8. The van der Waals surface area contributed by atoms with E-state index in [9.17, 15) is 9.59 Å². The van der Waals surface area contributed by atoms with E-state index < -0.39 is 0 Å². The summed E-state index contributed by atoms with van der Waals surface area (Å²) in [6, 6.07) is 9.85. The number of benzene rings is 1. The molecular weight excluding hydrogens is 308 g/mol. The zero-order chi connectivity index (χ0) is 17.4. The van der Waals surface area contributed by atoms with Crippen LogP contribution in [0.3, 0.4) is 0 Å². The van der Waals surface area contributed by atoms with Crippen LogP contribution in [-0.2, 0) is 25.7 Å². The number of carbonyl (C=O) groups is 2. The SMILES string of the molecule is CN(C)C(=O)[C@@H]1CC[C@@H](CNC(=O)CCOCc2ccccc2)O1. The highest BCUT2D eigenvalue weighted by molar-refractivity contribution is 5.80. The van der Waals surface area contributed by atoms with Gasteiger partial charge in [-0.25, -0.2) is 0 Å². The van der Waals surface area contributed by atoms with Gasteiger partial charge in [-0.05, 0) is 18.4 Å². The van der Waals surface area contributed by atoms with E-state index in [0.717, 1.165) is 12.0 Å². The van der Waals surface area contributed by atoms with Gasteiger partial charge in [-0.2, -0.15) is 0 Å². The highest BCUT2D eigenvalue weighted by Gasteiger charge is 2.31. The van der Waals surface area contributed by atoms with Crippen LogP contribution >= 0.6 is 0 Å². The van der Waals surface area contributed by atoms with Gasteiger partial charge in [-0.3, -0.25) is 9.59 Å². The van der Waals surface area contributed by atoms with E-state index in [2.05, 4.69) is 5.32 Å². The average molecular weight is 334 g/mol. The third kappa shape index (κ3) is 5.94. The van der Waals surface area contributed by atoms with E-state index in [1.807, 2.05) is 30.3 Å². The van der Waals surface area contributed by atoms with Crippen LogP contribution in [0.1, 0.15) is 24.8 Å². The molecule has 1 aliphatic heterocycles. The van der Waals surface area contributed by atoms with Gasteiger partial charge in [0.15, 0.2) is 0 Å². The van der Waals surface area contributed by atoms with Crippen molar-refractivity contribution in [2.24, 2.45) is 0 Å². The average Bonchev–Trinajstić information content (AvgIpc) is 3.06. The Balaban J connectivity index is 1.56. The molecule has 0 spiro atoms. The molecule has 1 aromatic carbocycles. The van der Waals surface area contributed by atoms with Crippen LogP contribution < -0.4 is 5.32 Å². The fraction of sp³-hybridized carbons (Fsp3) is 0.556. The zero-order valence-corrected chi connectivity index (χ0v) is 14.4. The fourth-order valence-corrected chi connectivity index (χ4v) is 2.57. The molecule has 0 aromatic heterocycles.